The summed E-state index contributed by atoms with van der Waals surface area (Å²) in [5.74, 6) is -0.0870. The minimum Gasteiger partial charge on any atom is -0.379 e. The fourth-order valence-corrected chi connectivity index (χ4v) is 4.60. The van der Waals surface area contributed by atoms with Gasteiger partial charge in [0.25, 0.3) is 5.91 Å². The van der Waals surface area contributed by atoms with Gasteiger partial charge in [-0.1, -0.05) is 37.5 Å². The number of aryl methyl sites for hydroxylation is 1. The van der Waals surface area contributed by atoms with Gasteiger partial charge in [-0.05, 0) is 38.0 Å². The second-order valence-electron chi connectivity index (χ2n) is 7.99. The molecule has 2 aromatic rings. The maximum atomic E-state index is 12.9. The van der Waals surface area contributed by atoms with Crippen LogP contribution < -0.4 is 5.32 Å². The summed E-state index contributed by atoms with van der Waals surface area (Å²) in [6.45, 7) is 6.15. The molecule has 1 amide bonds. The van der Waals surface area contributed by atoms with Crippen molar-refractivity contribution in [1.82, 2.24) is 20.0 Å². The van der Waals surface area contributed by atoms with Crippen LogP contribution in [0.5, 0.6) is 0 Å². The van der Waals surface area contributed by atoms with Gasteiger partial charge in [0.1, 0.15) is 0 Å². The highest BCUT2D eigenvalue weighted by molar-refractivity contribution is 5.92. The van der Waals surface area contributed by atoms with Gasteiger partial charge in [-0.15, -0.1) is 0 Å². The number of morpholine rings is 1. The van der Waals surface area contributed by atoms with Crippen LogP contribution >= 0.6 is 0 Å². The van der Waals surface area contributed by atoms with Gasteiger partial charge in [-0.25, -0.2) is 4.68 Å². The lowest BCUT2D eigenvalue weighted by molar-refractivity contribution is -0.0361. The second kappa shape index (κ2) is 8.45. The van der Waals surface area contributed by atoms with Crippen LogP contribution in [0.3, 0.4) is 0 Å². The quantitative estimate of drug-likeness (QED) is 0.864. The minimum absolute atomic E-state index is 0.0642. The average molecular weight is 383 g/mol. The topological polar surface area (TPSA) is 59.4 Å². The highest BCUT2D eigenvalue weighted by atomic mass is 16.5. The molecule has 6 nitrogen and oxygen atoms in total. The highest BCUT2D eigenvalue weighted by Crippen LogP contribution is 2.34. The summed E-state index contributed by atoms with van der Waals surface area (Å²) in [6, 6.07) is 11.8. The Morgan fingerprint density at radius 1 is 1.14 bits per heavy atom. The summed E-state index contributed by atoms with van der Waals surface area (Å²) in [7, 11) is 0. The molecule has 0 spiro atoms. The van der Waals surface area contributed by atoms with Gasteiger partial charge in [-0.3, -0.25) is 9.69 Å². The lowest BCUT2D eigenvalue weighted by Crippen LogP contribution is -2.59. The van der Waals surface area contributed by atoms with Gasteiger partial charge < -0.3 is 10.1 Å². The lowest BCUT2D eigenvalue weighted by atomic mass is 9.79. The van der Waals surface area contributed by atoms with Gasteiger partial charge in [0.05, 0.1) is 18.9 Å². The molecule has 1 aliphatic heterocycles. The highest BCUT2D eigenvalue weighted by Gasteiger charge is 2.39. The van der Waals surface area contributed by atoms with E-state index < -0.39 is 0 Å². The van der Waals surface area contributed by atoms with E-state index in [1.54, 1.807) is 0 Å². The SMILES string of the molecule is Cc1cc(C(=O)NCC2(N3CCOCC3)CCCCC2)nn1-c1ccccc1. The zero-order valence-corrected chi connectivity index (χ0v) is 16.7. The van der Waals surface area contributed by atoms with Crippen LogP contribution in [-0.2, 0) is 4.74 Å². The third-order valence-corrected chi connectivity index (χ3v) is 6.17. The smallest absolute Gasteiger partial charge is 0.271 e. The molecule has 4 rings (SSSR count). The Bertz CT molecular complexity index is 790. The normalized spacial score (nSPS) is 20.0. The van der Waals surface area contributed by atoms with Crippen LogP contribution in [0, 0.1) is 6.92 Å². The van der Waals surface area contributed by atoms with E-state index in [2.05, 4.69) is 15.3 Å². The number of carbonyl (C=O) groups is 1. The zero-order chi connectivity index (χ0) is 19.4. The summed E-state index contributed by atoms with van der Waals surface area (Å²) in [4.78, 5) is 15.4. The molecule has 2 fully saturated rings. The van der Waals surface area contributed by atoms with E-state index in [1.165, 1.54) is 19.3 Å². The van der Waals surface area contributed by atoms with Crippen molar-refractivity contribution in [1.29, 1.82) is 0 Å². The van der Waals surface area contributed by atoms with Crippen molar-refractivity contribution in [2.24, 2.45) is 0 Å². The van der Waals surface area contributed by atoms with E-state index in [-0.39, 0.29) is 11.4 Å². The van der Waals surface area contributed by atoms with Crippen LogP contribution in [0.1, 0.15) is 48.3 Å². The molecular weight excluding hydrogens is 352 g/mol. The minimum atomic E-state index is -0.0870. The molecule has 6 heteroatoms. The Kier molecular flexibility index (Phi) is 5.78. The van der Waals surface area contributed by atoms with Crippen molar-refractivity contribution in [3.63, 3.8) is 0 Å². The Balaban J connectivity index is 1.47. The van der Waals surface area contributed by atoms with Crippen LogP contribution in [0.25, 0.3) is 5.69 Å². The lowest BCUT2D eigenvalue weighted by Gasteiger charge is -2.48. The molecule has 0 unspecified atom stereocenters. The number of nitrogens with zero attached hydrogens (tertiary/aromatic N) is 3. The number of rotatable bonds is 5. The van der Waals surface area contributed by atoms with Crippen molar-refractivity contribution in [3.05, 3.63) is 47.8 Å². The fourth-order valence-electron chi connectivity index (χ4n) is 4.60. The van der Waals surface area contributed by atoms with Crippen molar-refractivity contribution >= 4 is 5.91 Å². The number of hydrogen-bond donors (Lipinski definition) is 1. The molecule has 28 heavy (non-hydrogen) atoms. The second-order valence-corrected chi connectivity index (χ2v) is 7.99. The molecule has 1 aromatic heterocycles. The molecular formula is C22H30N4O2. The van der Waals surface area contributed by atoms with E-state index in [9.17, 15) is 4.79 Å². The van der Waals surface area contributed by atoms with E-state index in [0.29, 0.717) is 12.2 Å². The third-order valence-electron chi connectivity index (χ3n) is 6.17. The number of ether oxygens (including phenoxy) is 1. The van der Waals surface area contributed by atoms with Gasteiger partial charge in [0, 0.05) is 30.9 Å². The number of carbonyl (C=O) groups excluding carboxylic acids is 1. The molecule has 1 N–H and O–H groups in total. The monoisotopic (exact) mass is 382 g/mol. The first-order valence-electron chi connectivity index (χ1n) is 10.4. The first kappa shape index (κ1) is 19.2. The Morgan fingerprint density at radius 2 is 1.86 bits per heavy atom. The molecule has 2 heterocycles. The standard InChI is InChI=1S/C22H30N4O2/c1-18-16-20(24-26(18)19-8-4-2-5-9-19)21(27)23-17-22(10-6-3-7-11-22)25-12-14-28-15-13-25/h2,4-5,8-9,16H,3,6-7,10-15,17H2,1H3,(H,23,27). The van der Waals surface area contributed by atoms with Crippen LogP contribution in [0.2, 0.25) is 0 Å². The molecule has 1 saturated heterocycles. The van der Waals surface area contributed by atoms with Crippen LogP contribution in [0.15, 0.2) is 36.4 Å². The van der Waals surface area contributed by atoms with Gasteiger partial charge in [0.2, 0.25) is 0 Å². The van der Waals surface area contributed by atoms with Crippen molar-refractivity contribution in [2.75, 3.05) is 32.8 Å². The number of benzene rings is 1. The summed E-state index contributed by atoms with van der Waals surface area (Å²) in [6.07, 6.45) is 6.04. The summed E-state index contributed by atoms with van der Waals surface area (Å²) >= 11 is 0. The number of amides is 1. The van der Waals surface area contributed by atoms with Gasteiger partial charge in [0.15, 0.2) is 5.69 Å². The van der Waals surface area contributed by atoms with Gasteiger partial charge in [-0.2, -0.15) is 5.10 Å². The number of nitrogens with one attached hydrogen (secondary N) is 1. The molecule has 2 aliphatic rings. The molecule has 0 atom stereocenters. The molecule has 0 radical (unpaired) electrons. The summed E-state index contributed by atoms with van der Waals surface area (Å²) in [5, 5.41) is 7.75. The van der Waals surface area contributed by atoms with Gasteiger partial charge >= 0.3 is 0 Å². The Hall–Kier alpha value is -2.18. The van der Waals surface area contributed by atoms with E-state index in [0.717, 1.165) is 50.5 Å². The fraction of sp³-hybridized carbons (Fsp3) is 0.545. The predicted molar refractivity (Wildman–Crippen MR) is 109 cm³/mol. The zero-order valence-electron chi connectivity index (χ0n) is 16.7. The molecule has 1 aromatic carbocycles. The molecule has 0 bridgehead atoms. The first-order valence-corrected chi connectivity index (χ1v) is 10.4. The maximum absolute atomic E-state index is 12.9. The molecule has 1 saturated carbocycles. The van der Waals surface area contributed by atoms with E-state index in [4.69, 9.17) is 4.74 Å². The molecule has 1 aliphatic carbocycles. The number of para-hydroxylation sites is 1. The first-order chi connectivity index (χ1) is 13.7. The summed E-state index contributed by atoms with van der Waals surface area (Å²) in [5.41, 5.74) is 2.47. The molecule has 150 valence electrons. The number of aromatic nitrogens is 2. The largest absolute Gasteiger partial charge is 0.379 e. The Morgan fingerprint density at radius 3 is 2.57 bits per heavy atom. The van der Waals surface area contributed by atoms with E-state index in [1.807, 2.05) is 48.0 Å². The third kappa shape index (κ3) is 3.98. The predicted octanol–water partition coefficient (Wildman–Crippen LogP) is 2.95. The van der Waals surface area contributed by atoms with Crippen LogP contribution in [-0.4, -0.2) is 59.0 Å². The maximum Gasteiger partial charge on any atom is 0.271 e. The number of hydrogen-bond acceptors (Lipinski definition) is 4. The summed E-state index contributed by atoms with van der Waals surface area (Å²) < 4.78 is 7.37. The average Bonchev–Trinajstić information content (AvgIpc) is 3.16. The van der Waals surface area contributed by atoms with E-state index >= 15 is 0 Å². The van der Waals surface area contributed by atoms with Crippen molar-refractivity contribution in [2.45, 2.75) is 44.6 Å². The Labute approximate surface area is 166 Å². The van der Waals surface area contributed by atoms with Crippen molar-refractivity contribution < 1.29 is 9.53 Å². The van der Waals surface area contributed by atoms with Crippen molar-refractivity contribution in [3.8, 4) is 5.69 Å². The van der Waals surface area contributed by atoms with Crippen LogP contribution in [0.4, 0.5) is 0 Å².